The minimum absolute atomic E-state index is 0.00551. The van der Waals surface area contributed by atoms with Gasteiger partial charge < -0.3 is 10.6 Å². The molecule has 0 saturated heterocycles. The van der Waals surface area contributed by atoms with Crippen LogP contribution in [0.1, 0.15) is 26.7 Å². The Kier molecular flexibility index (Phi) is 8.67. The van der Waals surface area contributed by atoms with Crippen molar-refractivity contribution in [2.45, 2.75) is 26.7 Å². The molecule has 13 heavy (non-hydrogen) atoms. The van der Waals surface area contributed by atoms with Crippen molar-refractivity contribution >= 4 is 5.91 Å². The maximum atomic E-state index is 10.9. The van der Waals surface area contributed by atoms with Gasteiger partial charge in [-0.15, -0.1) is 0 Å². The molecule has 0 aromatic heterocycles. The number of carbonyl (C=O) groups is 1. The van der Waals surface area contributed by atoms with Crippen molar-refractivity contribution in [1.82, 2.24) is 10.6 Å². The van der Waals surface area contributed by atoms with Crippen molar-refractivity contribution in [3.8, 4) is 0 Å². The van der Waals surface area contributed by atoms with Gasteiger partial charge in [-0.05, 0) is 38.9 Å². The minimum Gasteiger partial charge on any atom is -0.353 e. The van der Waals surface area contributed by atoms with Crippen LogP contribution in [-0.2, 0) is 4.79 Å². The van der Waals surface area contributed by atoms with Gasteiger partial charge in [-0.2, -0.15) is 0 Å². The van der Waals surface area contributed by atoms with Gasteiger partial charge in [0, 0.05) is 6.54 Å². The lowest BCUT2D eigenvalue weighted by Gasteiger charge is -2.02. The summed E-state index contributed by atoms with van der Waals surface area (Å²) in [6.07, 6.45) is 5.44. The second-order valence-electron chi connectivity index (χ2n) is 2.85. The van der Waals surface area contributed by atoms with Gasteiger partial charge in [0.25, 0.3) is 0 Å². The predicted molar refractivity (Wildman–Crippen MR) is 55.6 cm³/mol. The summed E-state index contributed by atoms with van der Waals surface area (Å²) in [6, 6.07) is 0. The van der Waals surface area contributed by atoms with E-state index in [1.807, 2.05) is 6.92 Å². The van der Waals surface area contributed by atoms with E-state index < -0.39 is 0 Å². The van der Waals surface area contributed by atoms with Crippen molar-refractivity contribution in [3.05, 3.63) is 12.2 Å². The van der Waals surface area contributed by atoms with Crippen LogP contribution < -0.4 is 10.6 Å². The van der Waals surface area contributed by atoms with E-state index in [0.717, 1.165) is 32.5 Å². The Bertz CT molecular complexity index is 155. The molecule has 0 aromatic rings. The Morgan fingerprint density at radius 3 is 2.62 bits per heavy atom. The molecular weight excluding hydrogens is 164 g/mol. The first-order valence-electron chi connectivity index (χ1n) is 4.92. The molecule has 0 spiro atoms. The van der Waals surface area contributed by atoms with Gasteiger partial charge in [0.2, 0.25) is 5.91 Å². The summed E-state index contributed by atoms with van der Waals surface area (Å²) in [6.45, 7) is 6.76. The Labute approximate surface area is 80.6 Å². The number of carbonyl (C=O) groups excluding carboxylic acids is 1. The highest BCUT2D eigenvalue weighted by atomic mass is 16.1. The molecule has 0 aliphatic carbocycles. The standard InChI is InChI=1S/C10H20N2O/c1-3-7-10(13)12-9-6-5-8-11-4-2/h3,7,11H,4-6,8-9H2,1-2H3,(H,12,13)/b7-3+. The van der Waals surface area contributed by atoms with Crippen molar-refractivity contribution in [3.63, 3.8) is 0 Å². The molecule has 0 aliphatic rings. The number of allylic oxidation sites excluding steroid dienone is 1. The molecule has 0 aromatic carbocycles. The van der Waals surface area contributed by atoms with Crippen LogP contribution >= 0.6 is 0 Å². The lowest BCUT2D eigenvalue weighted by Crippen LogP contribution is -2.23. The van der Waals surface area contributed by atoms with E-state index in [9.17, 15) is 4.79 Å². The van der Waals surface area contributed by atoms with Crippen molar-refractivity contribution in [2.24, 2.45) is 0 Å². The molecule has 76 valence electrons. The quantitative estimate of drug-likeness (QED) is 0.459. The third kappa shape index (κ3) is 9.08. The van der Waals surface area contributed by atoms with Crippen LogP contribution in [0.5, 0.6) is 0 Å². The summed E-state index contributed by atoms with van der Waals surface area (Å²) in [4.78, 5) is 10.9. The zero-order valence-electron chi connectivity index (χ0n) is 8.60. The van der Waals surface area contributed by atoms with Crippen LogP contribution in [0, 0.1) is 0 Å². The van der Waals surface area contributed by atoms with Gasteiger partial charge in [0.15, 0.2) is 0 Å². The van der Waals surface area contributed by atoms with E-state index in [1.54, 1.807) is 12.2 Å². The highest BCUT2D eigenvalue weighted by Gasteiger charge is 1.92. The van der Waals surface area contributed by atoms with Crippen molar-refractivity contribution in [2.75, 3.05) is 19.6 Å². The number of unbranched alkanes of at least 4 members (excludes halogenated alkanes) is 1. The smallest absolute Gasteiger partial charge is 0.243 e. The molecule has 0 rings (SSSR count). The first-order valence-corrected chi connectivity index (χ1v) is 4.92. The number of rotatable bonds is 7. The fourth-order valence-corrected chi connectivity index (χ4v) is 0.974. The zero-order valence-corrected chi connectivity index (χ0v) is 8.60. The van der Waals surface area contributed by atoms with Crippen molar-refractivity contribution in [1.29, 1.82) is 0 Å². The van der Waals surface area contributed by atoms with E-state index in [0.29, 0.717) is 0 Å². The fourth-order valence-electron chi connectivity index (χ4n) is 0.974. The second-order valence-corrected chi connectivity index (χ2v) is 2.85. The average molecular weight is 184 g/mol. The van der Waals surface area contributed by atoms with Crippen LogP contribution in [-0.4, -0.2) is 25.5 Å². The van der Waals surface area contributed by atoms with E-state index >= 15 is 0 Å². The third-order valence-corrected chi connectivity index (χ3v) is 1.65. The summed E-state index contributed by atoms with van der Waals surface area (Å²) in [7, 11) is 0. The Balaban J connectivity index is 3.11. The molecule has 3 heteroatoms. The first kappa shape index (κ1) is 12.2. The Hall–Kier alpha value is -0.830. The molecule has 0 aliphatic heterocycles. The molecule has 0 unspecified atom stereocenters. The summed E-state index contributed by atoms with van der Waals surface area (Å²) >= 11 is 0. The second kappa shape index (κ2) is 9.26. The van der Waals surface area contributed by atoms with Crippen LogP contribution in [0.4, 0.5) is 0 Å². The van der Waals surface area contributed by atoms with Crippen molar-refractivity contribution < 1.29 is 4.79 Å². The van der Waals surface area contributed by atoms with Gasteiger partial charge in [-0.25, -0.2) is 0 Å². The monoisotopic (exact) mass is 184 g/mol. The lowest BCUT2D eigenvalue weighted by atomic mass is 10.3. The van der Waals surface area contributed by atoms with E-state index in [2.05, 4.69) is 17.6 Å². The Morgan fingerprint density at radius 1 is 1.31 bits per heavy atom. The van der Waals surface area contributed by atoms with Crippen LogP contribution in [0.15, 0.2) is 12.2 Å². The fraction of sp³-hybridized carbons (Fsp3) is 0.700. The van der Waals surface area contributed by atoms with Gasteiger partial charge in [-0.1, -0.05) is 13.0 Å². The minimum atomic E-state index is 0.00551. The van der Waals surface area contributed by atoms with Crippen LogP contribution in [0.2, 0.25) is 0 Å². The maximum absolute atomic E-state index is 10.9. The highest BCUT2D eigenvalue weighted by molar-refractivity contribution is 5.87. The normalized spacial score (nSPS) is 10.6. The van der Waals surface area contributed by atoms with Gasteiger partial charge in [-0.3, -0.25) is 4.79 Å². The Morgan fingerprint density at radius 2 is 2.00 bits per heavy atom. The molecule has 0 atom stereocenters. The van der Waals surface area contributed by atoms with E-state index in [4.69, 9.17) is 0 Å². The molecule has 2 N–H and O–H groups in total. The highest BCUT2D eigenvalue weighted by Crippen LogP contribution is 1.84. The summed E-state index contributed by atoms with van der Waals surface area (Å²) in [5.74, 6) is 0.00551. The summed E-state index contributed by atoms with van der Waals surface area (Å²) in [5, 5.41) is 6.04. The molecular formula is C10H20N2O. The topological polar surface area (TPSA) is 41.1 Å². The number of hydrogen-bond donors (Lipinski definition) is 2. The summed E-state index contributed by atoms with van der Waals surface area (Å²) < 4.78 is 0. The predicted octanol–water partition coefficient (Wildman–Crippen LogP) is 1.07. The van der Waals surface area contributed by atoms with Crippen LogP contribution in [0.25, 0.3) is 0 Å². The molecule has 1 amide bonds. The molecule has 0 heterocycles. The van der Waals surface area contributed by atoms with Gasteiger partial charge >= 0.3 is 0 Å². The molecule has 0 saturated carbocycles. The molecule has 3 nitrogen and oxygen atoms in total. The summed E-state index contributed by atoms with van der Waals surface area (Å²) in [5.41, 5.74) is 0. The maximum Gasteiger partial charge on any atom is 0.243 e. The average Bonchev–Trinajstić information content (AvgIpc) is 2.11. The third-order valence-electron chi connectivity index (χ3n) is 1.65. The largest absolute Gasteiger partial charge is 0.353 e. The molecule has 0 bridgehead atoms. The molecule has 0 radical (unpaired) electrons. The number of amides is 1. The number of nitrogens with one attached hydrogen (secondary N) is 2. The van der Waals surface area contributed by atoms with E-state index in [1.165, 1.54) is 0 Å². The lowest BCUT2D eigenvalue weighted by molar-refractivity contribution is -0.116. The zero-order chi connectivity index (χ0) is 9.94. The first-order chi connectivity index (χ1) is 6.31. The van der Waals surface area contributed by atoms with Crippen LogP contribution in [0.3, 0.4) is 0 Å². The van der Waals surface area contributed by atoms with Gasteiger partial charge in [0.05, 0.1) is 0 Å². The van der Waals surface area contributed by atoms with Gasteiger partial charge in [0.1, 0.15) is 0 Å². The SMILES string of the molecule is C/C=C/C(=O)NCCCCNCC. The molecule has 0 fully saturated rings. The van der Waals surface area contributed by atoms with E-state index in [-0.39, 0.29) is 5.91 Å². The number of hydrogen-bond acceptors (Lipinski definition) is 2.